The molecule has 0 aliphatic heterocycles. The van der Waals surface area contributed by atoms with Crippen molar-refractivity contribution < 1.29 is 32.3 Å². The molecule has 0 bridgehead atoms. The van der Waals surface area contributed by atoms with E-state index in [1.807, 2.05) is 6.07 Å². The van der Waals surface area contributed by atoms with Crippen LogP contribution in [0, 0.1) is 0 Å². The van der Waals surface area contributed by atoms with Crippen LogP contribution in [0.3, 0.4) is 0 Å². The third kappa shape index (κ3) is 7.09. The summed E-state index contributed by atoms with van der Waals surface area (Å²) in [5.74, 6) is -1.35. The van der Waals surface area contributed by atoms with Gasteiger partial charge in [0.15, 0.2) is 0 Å². The summed E-state index contributed by atoms with van der Waals surface area (Å²) in [5.41, 5.74) is -0.0277. The molecule has 3 aromatic rings. The Morgan fingerprint density at radius 3 is 2.26 bits per heavy atom. The summed E-state index contributed by atoms with van der Waals surface area (Å²) < 4.78 is 43.7. The number of alkyl halides is 3. The van der Waals surface area contributed by atoms with Gasteiger partial charge in [-0.15, -0.1) is 0 Å². The molecule has 0 saturated carbocycles. The summed E-state index contributed by atoms with van der Waals surface area (Å²) in [6.07, 6.45) is -5.35. The van der Waals surface area contributed by atoms with E-state index in [0.29, 0.717) is 0 Å². The van der Waals surface area contributed by atoms with Crippen molar-refractivity contribution in [2.45, 2.75) is 12.8 Å². The first-order valence-electron chi connectivity index (χ1n) is 10.0. The molecule has 0 heterocycles. The first-order chi connectivity index (χ1) is 16.2. The third-order valence-electron chi connectivity index (χ3n) is 4.50. The zero-order valence-corrected chi connectivity index (χ0v) is 17.7. The Morgan fingerprint density at radius 1 is 0.824 bits per heavy atom. The highest BCUT2D eigenvalue weighted by molar-refractivity contribution is 6.10. The van der Waals surface area contributed by atoms with Gasteiger partial charge in [0, 0.05) is 5.69 Å². The summed E-state index contributed by atoms with van der Waals surface area (Å²) in [7, 11) is 0. The van der Waals surface area contributed by atoms with Crippen molar-refractivity contribution >= 4 is 29.3 Å². The molecule has 0 spiro atoms. The van der Waals surface area contributed by atoms with Crippen molar-refractivity contribution in [3.63, 3.8) is 0 Å². The molecule has 0 saturated heterocycles. The van der Waals surface area contributed by atoms with Gasteiger partial charge >= 0.3 is 12.3 Å². The molecule has 176 valence electrons. The first kappa shape index (κ1) is 24.3. The highest BCUT2D eigenvalue weighted by atomic mass is 19.4. The number of ether oxygens (including phenoxy) is 1. The second kappa shape index (κ2) is 11.0. The molecule has 10 heteroatoms. The number of hydrogen-bond donors (Lipinski definition) is 3. The molecule has 7 nitrogen and oxygen atoms in total. The fraction of sp³-hybridized carbons (Fsp3) is 0.125. The van der Waals surface area contributed by atoms with Gasteiger partial charge in [-0.3, -0.25) is 9.59 Å². The number of halogens is 3. The molecule has 3 N–H and O–H groups in total. The van der Waals surface area contributed by atoms with Crippen LogP contribution in [-0.2, 0) is 22.3 Å². The first-order valence-corrected chi connectivity index (χ1v) is 10.0. The van der Waals surface area contributed by atoms with Gasteiger partial charge in [0.2, 0.25) is 5.91 Å². The lowest BCUT2D eigenvalue weighted by atomic mass is 10.1. The number of alkyl carbamates (subject to hydrolysis) is 1. The quantitative estimate of drug-likeness (QED) is 0.460. The van der Waals surface area contributed by atoms with E-state index in [9.17, 15) is 27.6 Å². The molecule has 0 radical (unpaired) electrons. The van der Waals surface area contributed by atoms with Crippen LogP contribution in [0.25, 0.3) is 0 Å². The minimum absolute atomic E-state index is 0.0277. The van der Waals surface area contributed by atoms with E-state index in [0.717, 1.165) is 17.7 Å². The zero-order valence-electron chi connectivity index (χ0n) is 17.7. The molecule has 34 heavy (non-hydrogen) atoms. The summed E-state index contributed by atoms with van der Waals surface area (Å²) in [6.45, 7) is -0.385. The van der Waals surface area contributed by atoms with E-state index in [1.165, 1.54) is 30.3 Å². The maximum absolute atomic E-state index is 12.9. The fourth-order valence-electron chi connectivity index (χ4n) is 2.88. The van der Waals surface area contributed by atoms with Gasteiger partial charge in [0.05, 0.1) is 16.8 Å². The van der Waals surface area contributed by atoms with Gasteiger partial charge in [-0.1, -0.05) is 48.5 Å². The van der Waals surface area contributed by atoms with Crippen molar-refractivity contribution in [3.8, 4) is 0 Å². The molecule has 3 aromatic carbocycles. The smallest absolute Gasteiger partial charge is 0.416 e. The molecule has 0 atom stereocenters. The normalized spacial score (nSPS) is 10.8. The van der Waals surface area contributed by atoms with E-state index in [2.05, 4.69) is 16.0 Å². The minimum atomic E-state index is -4.55. The fourth-order valence-corrected chi connectivity index (χ4v) is 2.88. The molecule has 0 fully saturated rings. The number of anilines is 2. The van der Waals surface area contributed by atoms with Crippen LogP contribution >= 0.6 is 0 Å². The average molecular weight is 471 g/mol. The largest absolute Gasteiger partial charge is 0.445 e. The number of carbonyl (C=O) groups is 3. The highest BCUT2D eigenvalue weighted by Crippen LogP contribution is 2.31. The third-order valence-corrected chi connectivity index (χ3v) is 4.50. The van der Waals surface area contributed by atoms with Gasteiger partial charge in [0.1, 0.15) is 13.2 Å². The van der Waals surface area contributed by atoms with Crippen LogP contribution < -0.4 is 16.0 Å². The molecule has 0 aliphatic carbocycles. The van der Waals surface area contributed by atoms with Crippen molar-refractivity contribution in [2.75, 3.05) is 17.2 Å². The summed E-state index contributed by atoms with van der Waals surface area (Å²) in [6, 6.07) is 19.1. The lowest BCUT2D eigenvalue weighted by Crippen LogP contribution is -2.33. The van der Waals surface area contributed by atoms with Crippen LogP contribution in [0.2, 0.25) is 0 Å². The number of rotatable bonds is 7. The molecular formula is C24H20F3N3O4. The Bertz CT molecular complexity index is 1170. The Balaban J connectivity index is 1.56. The monoisotopic (exact) mass is 471 g/mol. The van der Waals surface area contributed by atoms with E-state index >= 15 is 0 Å². The van der Waals surface area contributed by atoms with Crippen LogP contribution in [0.1, 0.15) is 21.5 Å². The number of benzene rings is 3. The number of nitrogens with one attached hydrogen (secondary N) is 3. The topological polar surface area (TPSA) is 96.5 Å². The second-order valence-corrected chi connectivity index (χ2v) is 7.04. The zero-order chi connectivity index (χ0) is 24.6. The van der Waals surface area contributed by atoms with Crippen LogP contribution in [0.15, 0.2) is 78.9 Å². The number of hydrogen-bond acceptors (Lipinski definition) is 4. The van der Waals surface area contributed by atoms with E-state index in [1.54, 1.807) is 30.3 Å². The van der Waals surface area contributed by atoms with Crippen LogP contribution in [0.4, 0.5) is 29.3 Å². The van der Waals surface area contributed by atoms with Gasteiger partial charge in [0.25, 0.3) is 5.91 Å². The maximum atomic E-state index is 12.9. The highest BCUT2D eigenvalue weighted by Gasteiger charge is 2.30. The average Bonchev–Trinajstić information content (AvgIpc) is 2.82. The van der Waals surface area contributed by atoms with Gasteiger partial charge < -0.3 is 20.7 Å². The molecule has 3 rings (SSSR count). The lowest BCUT2D eigenvalue weighted by molar-refractivity contribution is -0.137. The molecular weight excluding hydrogens is 451 g/mol. The van der Waals surface area contributed by atoms with E-state index in [-0.39, 0.29) is 23.5 Å². The second-order valence-electron chi connectivity index (χ2n) is 7.04. The maximum Gasteiger partial charge on any atom is 0.416 e. The van der Waals surface area contributed by atoms with Gasteiger partial charge in [-0.25, -0.2) is 4.79 Å². The van der Waals surface area contributed by atoms with Crippen molar-refractivity contribution in [1.29, 1.82) is 0 Å². The molecule has 0 aliphatic rings. The summed E-state index contributed by atoms with van der Waals surface area (Å²) in [5, 5.41) is 7.18. The minimum Gasteiger partial charge on any atom is -0.445 e. The number of carbonyl (C=O) groups excluding carboxylic acids is 3. The van der Waals surface area contributed by atoms with E-state index < -0.39 is 36.2 Å². The van der Waals surface area contributed by atoms with Crippen LogP contribution in [0.5, 0.6) is 0 Å². The standard InChI is InChI=1S/C24H20F3N3O4/c25-24(26,27)17-9-6-10-18(13-17)29-22(32)19-11-4-5-12-20(19)30-21(31)14-28-23(33)34-15-16-7-2-1-3-8-16/h1-13H,14-15H2,(H,28,33)(H,29,32)(H,30,31). The summed E-state index contributed by atoms with van der Waals surface area (Å²) in [4.78, 5) is 36.7. The molecule has 0 unspecified atom stereocenters. The van der Waals surface area contributed by atoms with Gasteiger partial charge in [-0.2, -0.15) is 13.2 Å². The molecule has 0 aromatic heterocycles. The van der Waals surface area contributed by atoms with Crippen molar-refractivity contribution in [1.82, 2.24) is 5.32 Å². The Kier molecular flexibility index (Phi) is 7.86. The Hall–Kier alpha value is -4.34. The predicted molar refractivity (Wildman–Crippen MR) is 119 cm³/mol. The Labute approximate surface area is 192 Å². The van der Waals surface area contributed by atoms with Crippen molar-refractivity contribution in [2.24, 2.45) is 0 Å². The predicted octanol–water partition coefficient (Wildman–Crippen LogP) is 4.82. The molecule has 3 amide bonds. The van der Waals surface area contributed by atoms with E-state index in [4.69, 9.17) is 4.74 Å². The van der Waals surface area contributed by atoms with Crippen molar-refractivity contribution in [3.05, 3.63) is 95.6 Å². The SMILES string of the molecule is O=C(CNC(=O)OCc1ccccc1)Nc1ccccc1C(=O)Nc1cccc(C(F)(F)F)c1. The van der Waals surface area contributed by atoms with Gasteiger partial charge in [-0.05, 0) is 35.9 Å². The number of para-hydroxylation sites is 1. The summed E-state index contributed by atoms with van der Waals surface area (Å²) >= 11 is 0. The van der Waals surface area contributed by atoms with Crippen LogP contribution in [-0.4, -0.2) is 24.5 Å². The number of amides is 3. The Morgan fingerprint density at radius 2 is 1.53 bits per heavy atom. The lowest BCUT2D eigenvalue weighted by Gasteiger charge is -2.13.